The van der Waals surface area contributed by atoms with E-state index >= 15 is 0 Å². The van der Waals surface area contributed by atoms with Gasteiger partial charge in [-0.3, -0.25) is 0 Å². The van der Waals surface area contributed by atoms with Crippen molar-refractivity contribution in [1.82, 2.24) is 9.97 Å². The number of methoxy groups -OCH3 is 1. The van der Waals surface area contributed by atoms with Crippen LogP contribution in [0.5, 0.6) is 0 Å². The quantitative estimate of drug-likeness (QED) is 0.733. The number of hydrogen-bond acceptors (Lipinski definition) is 3. The SMILES string of the molecule is CO[C@H](c1ccccc1)c1cnc([C@@H](O)Cc2ccccc2)[nH]1. The Balaban J connectivity index is 1.77. The van der Waals surface area contributed by atoms with Crippen LogP contribution in [0, 0.1) is 0 Å². The average Bonchev–Trinajstić information content (AvgIpc) is 3.07. The van der Waals surface area contributed by atoms with Crippen LogP contribution in [0.1, 0.15) is 34.9 Å². The van der Waals surface area contributed by atoms with Gasteiger partial charge in [0.05, 0.1) is 11.9 Å². The Morgan fingerprint density at radius 2 is 1.70 bits per heavy atom. The number of imidazole rings is 1. The summed E-state index contributed by atoms with van der Waals surface area (Å²) in [4.78, 5) is 7.52. The second-order valence-corrected chi connectivity index (χ2v) is 5.46. The zero-order valence-corrected chi connectivity index (χ0v) is 13.0. The maximum absolute atomic E-state index is 10.4. The maximum Gasteiger partial charge on any atom is 0.135 e. The summed E-state index contributed by atoms with van der Waals surface area (Å²) in [7, 11) is 1.67. The topological polar surface area (TPSA) is 58.1 Å². The molecule has 3 aromatic rings. The summed E-state index contributed by atoms with van der Waals surface area (Å²) in [6.45, 7) is 0. The maximum atomic E-state index is 10.4. The van der Waals surface area contributed by atoms with Gasteiger partial charge in [-0.2, -0.15) is 0 Å². The molecule has 2 N–H and O–H groups in total. The van der Waals surface area contributed by atoms with Gasteiger partial charge in [0.25, 0.3) is 0 Å². The Labute approximate surface area is 135 Å². The van der Waals surface area contributed by atoms with Crippen molar-refractivity contribution in [3.8, 4) is 0 Å². The van der Waals surface area contributed by atoms with Crippen LogP contribution in [0.3, 0.4) is 0 Å². The van der Waals surface area contributed by atoms with Gasteiger partial charge in [0.1, 0.15) is 18.0 Å². The minimum absolute atomic E-state index is 0.221. The molecule has 0 saturated carbocycles. The van der Waals surface area contributed by atoms with Crippen molar-refractivity contribution in [2.75, 3.05) is 7.11 Å². The lowest BCUT2D eigenvalue weighted by molar-refractivity contribution is 0.132. The molecule has 0 radical (unpaired) electrons. The van der Waals surface area contributed by atoms with Gasteiger partial charge in [0, 0.05) is 13.5 Å². The lowest BCUT2D eigenvalue weighted by Crippen LogP contribution is -2.06. The van der Waals surface area contributed by atoms with Crippen LogP contribution in [0.15, 0.2) is 66.9 Å². The first-order valence-corrected chi connectivity index (χ1v) is 7.62. The molecule has 118 valence electrons. The van der Waals surface area contributed by atoms with E-state index in [9.17, 15) is 5.11 Å². The minimum Gasteiger partial charge on any atom is -0.385 e. The number of aliphatic hydroxyl groups excluding tert-OH is 1. The normalized spacial score (nSPS) is 13.7. The van der Waals surface area contributed by atoms with Crippen LogP contribution in [0.25, 0.3) is 0 Å². The number of aliphatic hydroxyl groups is 1. The highest BCUT2D eigenvalue weighted by Crippen LogP contribution is 2.25. The summed E-state index contributed by atoms with van der Waals surface area (Å²) >= 11 is 0. The van der Waals surface area contributed by atoms with Crippen LogP contribution < -0.4 is 0 Å². The number of rotatable bonds is 6. The Morgan fingerprint density at radius 1 is 1.04 bits per heavy atom. The van der Waals surface area contributed by atoms with Crippen LogP contribution in [0.4, 0.5) is 0 Å². The molecule has 0 bridgehead atoms. The van der Waals surface area contributed by atoms with Crippen molar-refractivity contribution in [3.63, 3.8) is 0 Å². The Morgan fingerprint density at radius 3 is 2.35 bits per heavy atom. The first-order chi connectivity index (χ1) is 11.3. The monoisotopic (exact) mass is 308 g/mol. The third-order valence-electron chi connectivity index (χ3n) is 3.82. The lowest BCUT2D eigenvalue weighted by Gasteiger charge is -2.14. The zero-order valence-electron chi connectivity index (χ0n) is 13.0. The summed E-state index contributed by atoms with van der Waals surface area (Å²) in [6.07, 6.45) is 1.36. The molecule has 4 heteroatoms. The average molecular weight is 308 g/mol. The molecule has 0 unspecified atom stereocenters. The van der Waals surface area contributed by atoms with Crippen molar-refractivity contribution >= 4 is 0 Å². The molecule has 2 aromatic carbocycles. The molecule has 0 aliphatic rings. The molecular weight excluding hydrogens is 288 g/mol. The standard InChI is InChI=1S/C19H20N2O2/c1-23-18(15-10-6-3-7-11-15)16-13-20-19(21-16)17(22)12-14-8-4-2-5-9-14/h2-11,13,17-18,22H,12H2,1H3,(H,20,21)/t17-,18+/m0/s1. The molecule has 2 atom stereocenters. The number of aromatic nitrogens is 2. The van der Waals surface area contributed by atoms with Crippen LogP contribution >= 0.6 is 0 Å². The molecule has 0 saturated heterocycles. The Kier molecular flexibility index (Phi) is 4.86. The van der Waals surface area contributed by atoms with Crippen molar-refractivity contribution in [2.45, 2.75) is 18.6 Å². The molecule has 0 fully saturated rings. The summed E-state index contributed by atoms with van der Waals surface area (Å²) in [5.41, 5.74) is 2.95. The van der Waals surface area contributed by atoms with Gasteiger partial charge in [0.15, 0.2) is 0 Å². The van der Waals surface area contributed by atoms with Crippen LogP contribution in [-0.2, 0) is 11.2 Å². The van der Waals surface area contributed by atoms with E-state index in [1.807, 2.05) is 60.7 Å². The summed E-state index contributed by atoms with van der Waals surface area (Å²) < 4.78 is 5.58. The van der Waals surface area contributed by atoms with E-state index in [-0.39, 0.29) is 6.10 Å². The zero-order chi connectivity index (χ0) is 16.1. The minimum atomic E-state index is -0.667. The highest BCUT2D eigenvalue weighted by atomic mass is 16.5. The Bertz CT molecular complexity index is 725. The third kappa shape index (κ3) is 3.67. The lowest BCUT2D eigenvalue weighted by atomic mass is 10.1. The molecule has 0 amide bonds. The number of benzene rings is 2. The van der Waals surface area contributed by atoms with E-state index in [2.05, 4.69) is 9.97 Å². The fraction of sp³-hybridized carbons (Fsp3) is 0.211. The van der Waals surface area contributed by atoms with E-state index in [0.29, 0.717) is 12.2 Å². The Hall–Kier alpha value is -2.43. The van der Waals surface area contributed by atoms with Crippen molar-refractivity contribution in [1.29, 1.82) is 0 Å². The highest BCUT2D eigenvalue weighted by molar-refractivity contribution is 5.26. The molecular formula is C19H20N2O2. The molecule has 0 aliphatic heterocycles. The van der Waals surface area contributed by atoms with Gasteiger partial charge in [0.2, 0.25) is 0 Å². The largest absolute Gasteiger partial charge is 0.385 e. The second kappa shape index (κ2) is 7.22. The van der Waals surface area contributed by atoms with E-state index < -0.39 is 6.10 Å². The number of H-pyrrole nitrogens is 1. The smallest absolute Gasteiger partial charge is 0.135 e. The number of ether oxygens (including phenoxy) is 1. The van der Waals surface area contributed by atoms with E-state index in [0.717, 1.165) is 16.8 Å². The first kappa shape index (κ1) is 15.5. The summed E-state index contributed by atoms with van der Waals surface area (Å²) in [5, 5.41) is 10.4. The van der Waals surface area contributed by atoms with Gasteiger partial charge in [-0.25, -0.2) is 4.98 Å². The first-order valence-electron chi connectivity index (χ1n) is 7.62. The van der Waals surface area contributed by atoms with Gasteiger partial charge in [-0.15, -0.1) is 0 Å². The van der Waals surface area contributed by atoms with E-state index in [4.69, 9.17) is 4.74 Å². The molecule has 0 spiro atoms. The van der Waals surface area contributed by atoms with Crippen LogP contribution in [-0.4, -0.2) is 22.2 Å². The van der Waals surface area contributed by atoms with Gasteiger partial charge in [-0.05, 0) is 11.1 Å². The molecule has 1 heterocycles. The van der Waals surface area contributed by atoms with Gasteiger partial charge < -0.3 is 14.8 Å². The fourth-order valence-corrected chi connectivity index (χ4v) is 2.66. The van der Waals surface area contributed by atoms with Gasteiger partial charge >= 0.3 is 0 Å². The molecule has 3 rings (SSSR count). The van der Waals surface area contributed by atoms with E-state index in [1.165, 1.54) is 0 Å². The van der Waals surface area contributed by atoms with Gasteiger partial charge in [-0.1, -0.05) is 60.7 Å². The second-order valence-electron chi connectivity index (χ2n) is 5.46. The predicted octanol–water partition coefficient (Wildman–Crippen LogP) is 3.42. The summed E-state index contributed by atoms with van der Waals surface area (Å²) in [5.74, 6) is 0.557. The number of hydrogen-bond donors (Lipinski definition) is 2. The summed E-state index contributed by atoms with van der Waals surface area (Å²) in [6, 6.07) is 19.8. The van der Waals surface area contributed by atoms with Crippen molar-refractivity contribution < 1.29 is 9.84 Å². The van der Waals surface area contributed by atoms with Crippen molar-refractivity contribution in [3.05, 3.63) is 89.5 Å². The molecule has 23 heavy (non-hydrogen) atoms. The molecule has 0 aliphatic carbocycles. The number of nitrogens with one attached hydrogen (secondary N) is 1. The fourth-order valence-electron chi connectivity index (χ4n) is 2.66. The highest BCUT2D eigenvalue weighted by Gasteiger charge is 2.18. The molecule has 4 nitrogen and oxygen atoms in total. The van der Waals surface area contributed by atoms with E-state index in [1.54, 1.807) is 13.3 Å². The predicted molar refractivity (Wildman–Crippen MR) is 89.0 cm³/mol. The third-order valence-corrected chi connectivity index (χ3v) is 3.82. The van der Waals surface area contributed by atoms with Crippen molar-refractivity contribution in [2.24, 2.45) is 0 Å². The number of aromatic amines is 1. The molecule has 1 aromatic heterocycles. The van der Waals surface area contributed by atoms with Crippen LogP contribution in [0.2, 0.25) is 0 Å². The number of nitrogens with zero attached hydrogens (tertiary/aromatic N) is 1.